The molecule has 0 bridgehead atoms. The number of carbonyl (C=O) groups excluding carboxylic acids is 1. The Labute approximate surface area is 137 Å². The van der Waals surface area contributed by atoms with E-state index in [2.05, 4.69) is 22.9 Å². The third kappa shape index (κ3) is 3.22. The van der Waals surface area contributed by atoms with Crippen molar-refractivity contribution in [2.45, 2.75) is 19.8 Å². The van der Waals surface area contributed by atoms with Gasteiger partial charge in [-0.2, -0.15) is 0 Å². The zero-order valence-electron chi connectivity index (χ0n) is 12.1. The molecular formula is C18H15BrO3. The van der Waals surface area contributed by atoms with Crippen molar-refractivity contribution >= 4 is 32.9 Å². The summed E-state index contributed by atoms with van der Waals surface area (Å²) in [5, 5.41) is 0.861. The van der Waals surface area contributed by atoms with E-state index >= 15 is 0 Å². The van der Waals surface area contributed by atoms with E-state index in [0.717, 1.165) is 22.7 Å². The first kappa shape index (κ1) is 14.9. The third-order valence-electron chi connectivity index (χ3n) is 3.35. The minimum absolute atomic E-state index is 0.200. The number of ether oxygens (including phenoxy) is 1. The maximum Gasteiger partial charge on any atom is 0.379 e. The number of halogens is 1. The average Bonchev–Trinajstić information content (AvgIpc) is 2.92. The van der Waals surface area contributed by atoms with Crippen molar-refractivity contribution in [3.05, 3.63) is 64.3 Å². The summed E-state index contributed by atoms with van der Waals surface area (Å²) in [6.45, 7) is 2.13. The van der Waals surface area contributed by atoms with Crippen molar-refractivity contribution in [1.29, 1.82) is 0 Å². The topological polar surface area (TPSA) is 39.4 Å². The Kier molecular flexibility index (Phi) is 4.29. The van der Waals surface area contributed by atoms with Gasteiger partial charge in [-0.05, 0) is 48.4 Å². The predicted octanol–water partition coefficient (Wildman–Crippen LogP) is 5.37. The highest BCUT2D eigenvalue weighted by atomic mass is 79.9. The molecule has 1 heterocycles. The molecule has 1 aromatic heterocycles. The summed E-state index contributed by atoms with van der Waals surface area (Å²) in [4.78, 5) is 12.2. The van der Waals surface area contributed by atoms with Crippen LogP contribution in [0, 0.1) is 0 Å². The van der Waals surface area contributed by atoms with Gasteiger partial charge in [-0.3, -0.25) is 0 Å². The molecule has 22 heavy (non-hydrogen) atoms. The lowest BCUT2D eigenvalue weighted by atomic mass is 10.1. The molecule has 0 atom stereocenters. The Morgan fingerprint density at radius 2 is 1.91 bits per heavy atom. The first-order valence-electron chi connectivity index (χ1n) is 7.16. The Balaban J connectivity index is 1.77. The molecule has 0 unspecified atom stereocenters. The van der Waals surface area contributed by atoms with Crippen molar-refractivity contribution in [1.82, 2.24) is 0 Å². The Hall–Kier alpha value is -2.07. The summed E-state index contributed by atoms with van der Waals surface area (Å²) in [5.74, 6) is 0.229. The molecule has 3 aromatic rings. The molecule has 3 rings (SSSR count). The van der Waals surface area contributed by atoms with Crippen molar-refractivity contribution in [3.8, 4) is 5.75 Å². The van der Waals surface area contributed by atoms with Gasteiger partial charge in [-0.1, -0.05) is 41.4 Å². The number of aryl methyl sites for hydroxylation is 1. The first-order chi connectivity index (χ1) is 10.7. The van der Waals surface area contributed by atoms with Gasteiger partial charge in [0.2, 0.25) is 5.76 Å². The largest absolute Gasteiger partial charge is 0.449 e. The molecule has 0 aliphatic rings. The van der Waals surface area contributed by atoms with E-state index in [1.807, 2.05) is 42.5 Å². The normalized spacial score (nSPS) is 10.8. The Morgan fingerprint density at radius 3 is 2.64 bits per heavy atom. The molecule has 0 fully saturated rings. The maximum atomic E-state index is 12.2. The molecule has 3 nitrogen and oxygen atoms in total. The van der Waals surface area contributed by atoms with Crippen LogP contribution in [0.1, 0.15) is 29.5 Å². The second-order valence-corrected chi connectivity index (χ2v) is 5.99. The molecule has 4 heteroatoms. The lowest BCUT2D eigenvalue weighted by molar-refractivity contribution is 0.0704. The van der Waals surface area contributed by atoms with Gasteiger partial charge in [0, 0.05) is 9.86 Å². The molecule has 0 aliphatic carbocycles. The van der Waals surface area contributed by atoms with Crippen molar-refractivity contribution in [3.63, 3.8) is 0 Å². The van der Waals surface area contributed by atoms with E-state index < -0.39 is 5.97 Å². The smallest absolute Gasteiger partial charge is 0.379 e. The van der Waals surface area contributed by atoms with Gasteiger partial charge >= 0.3 is 5.97 Å². The number of hydrogen-bond acceptors (Lipinski definition) is 3. The van der Waals surface area contributed by atoms with Gasteiger partial charge in [0.15, 0.2) is 0 Å². The van der Waals surface area contributed by atoms with Crippen LogP contribution in [0.2, 0.25) is 0 Å². The zero-order valence-corrected chi connectivity index (χ0v) is 13.7. The fourth-order valence-corrected chi connectivity index (χ4v) is 2.66. The van der Waals surface area contributed by atoms with Crippen LogP contribution >= 0.6 is 15.9 Å². The van der Waals surface area contributed by atoms with E-state index in [-0.39, 0.29) is 5.76 Å². The predicted molar refractivity (Wildman–Crippen MR) is 89.3 cm³/mol. The standard InChI is InChI=1S/C18H15BrO3/c1-2-3-12-4-7-15(8-5-12)21-18(20)17-11-13-10-14(19)6-9-16(13)22-17/h4-11H,2-3H2,1H3. The molecule has 0 N–H and O–H groups in total. The fraction of sp³-hybridized carbons (Fsp3) is 0.167. The van der Waals surface area contributed by atoms with Gasteiger partial charge < -0.3 is 9.15 Å². The maximum absolute atomic E-state index is 12.2. The van der Waals surface area contributed by atoms with Crippen molar-refractivity contribution in [2.24, 2.45) is 0 Å². The van der Waals surface area contributed by atoms with Crippen molar-refractivity contribution < 1.29 is 13.9 Å². The lowest BCUT2D eigenvalue weighted by Gasteiger charge is -2.03. The minimum atomic E-state index is -0.490. The summed E-state index contributed by atoms with van der Waals surface area (Å²) >= 11 is 3.39. The van der Waals surface area contributed by atoms with Crippen LogP contribution in [-0.2, 0) is 6.42 Å². The third-order valence-corrected chi connectivity index (χ3v) is 3.85. The van der Waals surface area contributed by atoms with Crippen LogP contribution in [-0.4, -0.2) is 5.97 Å². The molecule has 112 valence electrons. The van der Waals surface area contributed by atoms with Crippen LogP contribution in [0.3, 0.4) is 0 Å². The van der Waals surface area contributed by atoms with Gasteiger partial charge in [0.1, 0.15) is 11.3 Å². The molecule has 0 spiro atoms. The number of benzene rings is 2. The van der Waals surface area contributed by atoms with E-state index in [9.17, 15) is 4.79 Å². The van der Waals surface area contributed by atoms with E-state index in [1.54, 1.807) is 6.07 Å². The number of hydrogen-bond donors (Lipinski definition) is 0. The van der Waals surface area contributed by atoms with Crippen LogP contribution in [0.5, 0.6) is 5.75 Å². The first-order valence-corrected chi connectivity index (χ1v) is 7.95. The molecule has 0 saturated heterocycles. The highest BCUT2D eigenvalue weighted by Crippen LogP contribution is 2.24. The minimum Gasteiger partial charge on any atom is -0.449 e. The molecule has 0 radical (unpaired) electrons. The number of esters is 1. The monoisotopic (exact) mass is 358 g/mol. The Bertz CT molecular complexity index is 803. The zero-order chi connectivity index (χ0) is 15.5. The highest BCUT2D eigenvalue weighted by Gasteiger charge is 2.15. The van der Waals surface area contributed by atoms with Crippen molar-refractivity contribution in [2.75, 3.05) is 0 Å². The van der Waals surface area contributed by atoms with Crippen LogP contribution < -0.4 is 4.74 Å². The SMILES string of the molecule is CCCc1ccc(OC(=O)c2cc3cc(Br)ccc3o2)cc1. The van der Waals surface area contributed by atoms with Crippen LogP contribution in [0.15, 0.2) is 57.4 Å². The summed E-state index contributed by atoms with van der Waals surface area (Å²) in [7, 11) is 0. The van der Waals surface area contributed by atoms with E-state index in [0.29, 0.717) is 11.3 Å². The number of fused-ring (bicyclic) bond motifs is 1. The second kappa shape index (κ2) is 6.36. The second-order valence-electron chi connectivity index (χ2n) is 5.08. The molecule has 0 saturated carbocycles. The molecular weight excluding hydrogens is 344 g/mol. The number of rotatable bonds is 4. The molecule has 0 aliphatic heterocycles. The quantitative estimate of drug-likeness (QED) is 0.465. The van der Waals surface area contributed by atoms with Crippen LogP contribution in [0.4, 0.5) is 0 Å². The summed E-state index contributed by atoms with van der Waals surface area (Å²) in [6, 6.07) is 14.8. The van der Waals surface area contributed by atoms with Crippen LogP contribution in [0.25, 0.3) is 11.0 Å². The van der Waals surface area contributed by atoms with Gasteiger partial charge in [0.05, 0.1) is 0 Å². The fourth-order valence-electron chi connectivity index (χ4n) is 2.28. The van der Waals surface area contributed by atoms with E-state index in [4.69, 9.17) is 9.15 Å². The highest BCUT2D eigenvalue weighted by molar-refractivity contribution is 9.10. The van der Waals surface area contributed by atoms with Gasteiger partial charge in [-0.25, -0.2) is 4.79 Å². The number of furan rings is 1. The number of carbonyl (C=O) groups is 1. The summed E-state index contributed by atoms with van der Waals surface area (Å²) in [5.41, 5.74) is 1.89. The lowest BCUT2D eigenvalue weighted by Crippen LogP contribution is -2.07. The summed E-state index contributed by atoms with van der Waals surface area (Å²) < 4.78 is 11.8. The Morgan fingerprint density at radius 1 is 1.14 bits per heavy atom. The van der Waals surface area contributed by atoms with Gasteiger partial charge in [0.25, 0.3) is 0 Å². The van der Waals surface area contributed by atoms with E-state index in [1.165, 1.54) is 5.56 Å². The summed E-state index contributed by atoms with van der Waals surface area (Å²) in [6.07, 6.45) is 2.11. The molecule has 0 amide bonds. The average molecular weight is 359 g/mol. The molecule has 2 aromatic carbocycles. The van der Waals surface area contributed by atoms with Gasteiger partial charge in [-0.15, -0.1) is 0 Å².